The van der Waals surface area contributed by atoms with Crippen LogP contribution < -0.4 is 5.32 Å². The molecule has 2 aromatic heterocycles. The van der Waals surface area contributed by atoms with Gasteiger partial charge in [0.1, 0.15) is 5.75 Å². The van der Waals surface area contributed by atoms with Gasteiger partial charge in [-0.15, -0.1) is 0 Å². The molecule has 3 aromatic rings. The Labute approximate surface area is 140 Å². The number of nitrogens with zero attached hydrogens (tertiary/aromatic N) is 3. The number of phenols is 1. The van der Waals surface area contributed by atoms with E-state index in [-0.39, 0.29) is 17.2 Å². The van der Waals surface area contributed by atoms with Crippen molar-refractivity contribution in [2.24, 2.45) is 0 Å². The minimum Gasteiger partial charge on any atom is -0.507 e. The molecule has 0 spiro atoms. The van der Waals surface area contributed by atoms with Gasteiger partial charge in [-0.25, -0.2) is 9.67 Å². The number of hydrogen-bond donors (Lipinski definition) is 2. The number of aromatic nitrogens is 3. The van der Waals surface area contributed by atoms with Gasteiger partial charge in [0.2, 0.25) is 0 Å². The molecule has 0 aliphatic heterocycles. The second kappa shape index (κ2) is 6.62. The molecule has 0 atom stereocenters. The van der Waals surface area contributed by atoms with Crippen LogP contribution in [0.4, 0.5) is 0 Å². The quantitative estimate of drug-likeness (QED) is 0.737. The predicted octanol–water partition coefficient (Wildman–Crippen LogP) is 2.67. The van der Waals surface area contributed by atoms with Crippen LogP contribution in [0.15, 0.2) is 59.5 Å². The molecule has 0 fully saturated rings. The van der Waals surface area contributed by atoms with Crippen LogP contribution in [0.2, 0.25) is 0 Å². The van der Waals surface area contributed by atoms with Gasteiger partial charge in [-0.2, -0.15) is 5.10 Å². The Kier molecular flexibility index (Phi) is 4.38. The summed E-state index contributed by atoms with van der Waals surface area (Å²) in [7, 11) is 0. The first kappa shape index (κ1) is 15.2. The van der Waals surface area contributed by atoms with Crippen LogP contribution in [0.1, 0.15) is 15.9 Å². The Hall–Kier alpha value is -2.67. The topological polar surface area (TPSA) is 80.0 Å². The molecule has 116 valence electrons. The summed E-state index contributed by atoms with van der Waals surface area (Å²) >= 11 is 3.28. The summed E-state index contributed by atoms with van der Waals surface area (Å²) < 4.78 is 2.37. The van der Waals surface area contributed by atoms with Crippen LogP contribution in [-0.2, 0) is 6.54 Å². The zero-order valence-corrected chi connectivity index (χ0v) is 13.6. The van der Waals surface area contributed by atoms with E-state index in [2.05, 4.69) is 31.3 Å². The van der Waals surface area contributed by atoms with Gasteiger partial charge in [0.05, 0.1) is 5.56 Å². The van der Waals surface area contributed by atoms with Crippen molar-refractivity contribution in [3.8, 4) is 11.6 Å². The fraction of sp³-hybridized carbons (Fsp3) is 0.0625. The summed E-state index contributed by atoms with van der Waals surface area (Å²) in [6.07, 6.45) is 5.13. The Morgan fingerprint density at radius 1 is 1.26 bits per heavy atom. The van der Waals surface area contributed by atoms with E-state index in [1.807, 2.05) is 18.2 Å². The molecule has 0 saturated carbocycles. The SMILES string of the molecule is O=C(NCc1ccnc(-n2cccn2)c1)c1cc(Br)ccc1O. The van der Waals surface area contributed by atoms with Gasteiger partial charge in [-0.05, 0) is 42.0 Å². The van der Waals surface area contributed by atoms with Gasteiger partial charge in [-0.3, -0.25) is 4.79 Å². The highest BCUT2D eigenvalue weighted by Gasteiger charge is 2.11. The number of nitrogens with one attached hydrogen (secondary N) is 1. The van der Waals surface area contributed by atoms with Crippen LogP contribution in [0, 0.1) is 0 Å². The summed E-state index contributed by atoms with van der Waals surface area (Å²) in [5.41, 5.74) is 1.11. The molecule has 0 aliphatic rings. The first-order chi connectivity index (χ1) is 11.1. The zero-order chi connectivity index (χ0) is 16.2. The molecule has 0 radical (unpaired) electrons. The number of aromatic hydroxyl groups is 1. The molecule has 1 aromatic carbocycles. The van der Waals surface area contributed by atoms with Gasteiger partial charge in [0.15, 0.2) is 5.82 Å². The fourth-order valence-corrected chi connectivity index (χ4v) is 2.43. The number of carbonyl (C=O) groups excluding carboxylic acids is 1. The van der Waals surface area contributed by atoms with E-state index in [0.29, 0.717) is 12.4 Å². The molecule has 2 N–H and O–H groups in total. The maximum absolute atomic E-state index is 12.2. The molecule has 7 heteroatoms. The van der Waals surface area contributed by atoms with Crippen LogP contribution in [0.3, 0.4) is 0 Å². The monoisotopic (exact) mass is 372 g/mol. The lowest BCUT2D eigenvalue weighted by atomic mass is 10.2. The average molecular weight is 373 g/mol. The molecular formula is C16H13BrN4O2. The third-order valence-electron chi connectivity index (χ3n) is 3.21. The van der Waals surface area contributed by atoms with Crippen molar-refractivity contribution >= 4 is 21.8 Å². The minimum atomic E-state index is -0.346. The normalized spacial score (nSPS) is 10.5. The summed E-state index contributed by atoms with van der Waals surface area (Å²) in [6.45, 7) is 0.321. The summed E-state index contributed by atoms with van der Waals surface area (Å²) in [4.78, 5) is 16.4. The van der Waals surface area contributed by atoms with E-state index in [4.69, 9.17) is 0 Å². The van der Waals surface area contributed by atoms with Crippen molar-refractivity contribution in [2.75, 3.05) is 0 Å². The number of rotatable bonds is 4. The maximum atomic E-state index is 12.2. The minimum absolute atomic E-state index is 0.0577. The lowest BCUT2D eigenvalue weighted by Crippen LogP contribution is -2.23. The number of carbonyl (C=O) groups is 1. The van der Waals surface area contributed by atoms with Gasteiger partial charge < -0.3 is 10.4 Å². The Bertz CT molecular complexity index is 834. The van der Waals surface area contributed by atoms with E-state index < -0.39 is 0 Å². The Morgan fingerprint density at radius 3 is 2.91 bits per heavy atom. The lowest BCUT2D eigenvalue weighted by molar-refractivity contribution is 0.0948. The predicted molar refractivity (Wildman–Crippen MR) is 88.3 cm³/mol. The highest BCUT2D eigenvalue weighted by atomic mass is 79.9. The Balaban J connectivity index is 1.72. The second-order valence-electron chi connectivity index (χ2n) is 4.82. The molecule has 1 amide bonds. The van der Waals surface area contributed by atoms with Crippen molar-refractivity contribution < 1.29 is 9.90 Å². The largest absolute Gasteiger partial charge is 0.507 e. The summed E-state index contributed by atoms with van der Waals surface area (Å²) in [5, 5.41) is 16.7. The van der Waals surface area contributed by atoms with Gasteiger partial charge in [0.25, 0.3) is 5.91 Å². The second-order valence-corrected chi connectivity index (χ2v) is 5.73. The highest BCUT2D eigenvalue weighted by Crippen LogP contribution is 2.21. The molecule has 0 aliphatic carbocycles. The number of pyridine rings is 1. The standard InChI is InChI=1S/C16H13BrN4O2/c17-12-2-3-14(22)13(9-12)16(23)19-10-11-4-6-18-15(8-11)21-7-1-5-20-21/h1-9,22H,10H2,(H,19,23). The molecule has 0 saturated heterocycles. The Morgan fingerprint density at radius 2 is 2.13 bits per heavy atom. The lowest BCUT2D eigenvalue weighted by Gasteiger charge is -2.08. The molecule has 2 heterocycles. The number of halogens is 1. The smallest absolute Gasteiger partial charge is 0.255 e. The van der Waals surface area contributed by atoms with E-state index in [1.165, 1.54) is 6.07 Å². The van der Waals surface area contributed by atoms with Crippen molar-refractivity contribution in [3.63, 3.8) is 0 Å². The molecular weight excluding hydrogens is 360 g/mol. The average Bonchev–Trinajstić information content (AvgIpc) is 3.10. The van der Waals surface area contributed by atoms with Gasteiger partial charge in [0, 0.05) is 29.6 Å². The summed E-state index contributed by atoms with van der Waals surface area (Å²) in [6, 6.07) is 10.2. The van der Waals surface area contributed by atoms with E-state index >= 15 is 0 Å². The van der Waals surface area contributed by atoms with Crippen LogP contribution >= 0.6 is 15.9 Å². The van der Waals surface area contributed by atoms with Crippen LogP contribution in [0.25, 0.3) is 5.82 Å². The van der Waals surface area contributed by atoms with E-state index in [9.17, 15) is 9.90 Å². The van der Waals surface area contributed by atoms with Gasteiger partial charge in [-0.1, -0.05) is 15.9 Å². The van der Waals surface area contributed by atoms with Crippen molar-refractivity contribution in [2.45, 2.75) is 6.54 Å². The molecule has 6 nitrogen and oxygen atoms in total. The van der Waals surface area contributed by atoms with Crippen LogP contribution in [0.5, 0.6) is 5.75 Å². The first-order valence-electron chi connectivity index (χ1n) is 6.85. The molecule has 0 bridgehead atoms. The molecule has 0 unspecified atom stereocenters. The van der Waals surface area contributed by atoms with Crippen LogP contribution in [-0.4, -0.2) is 25.8 Å². The molecule has 23 heavy (non-hydrogen) atoms. The summed E-state index contributed by atoms with van der Waals surface area (Å²) in [5.74, 6) is 0.269. The van der Waals surface area contributed by atoms with Crippen molar-refractivity contribution in [1.82, 2.24) is 20.1 Å². The number of hydrogen-bond acceptors (Lipinski definition) is 4. The number of amides is 1. The molecule has 3 rings (SSSR count). The number of phenolic OH excluding ortho intramolecular Hbond substituents is 1. The van der Waals surface area contributed by atoms with E-state index in [1.54, 1.807) is 35.4 Å². The van der Waals surface area contributed by atoms with Crippen molar-refractivity contribution in [3.05, 3.63) is 70.6 Å². The maximum Gasteiger partial charge on any atom is 0.255 e. The third kappa shape index (κ3) is 3.57. The third-order valence-corrected chi connectivity index (χ3v) is 3.70. The van der Waals surface area contributed by atoms with E-state index in [0.717, 1.165) is 10.0 Å². The first-order valence-corrected chi connectivity index (χ1v) is 7.64. The number of benzene rings is 1. The fourth-order valence-electron chi connectivity index (χ4n) is 2.07. The van der Waals surface area contributed by atoms with Crippen molar-refractivity contribution in [1.29, 1.82) is 0 Å². The van der Waals surface area contributed by atoms with Gasteiger partial charge >= 0.3 is 0 Å². The highest BCUT2D eigenvalue weighted by molar-refractivity contribution is 9.10. The zero-order valence-electron chi connectivity index (χ0n) is 12.0.